The molecule has 0 aliphatic rings. The van der Waals surface area contributed by atoms with Crippen LogP contribution in [0.2, 0.25) is 0 Å². The Morgan fingerprint density at radius 1 is 1.00 bits per heavy atom. The van der Waals surface area contributed by atoms with Gasteiger partial charge in [0.25, 0.3) is 5.91 Å². The number of nitrogens with one attached hydrogen (secondary N) is 1. The van der Waals surface area contributed by atoms with E-state index in [4.69, 9.17) is 14.2 Å². The minimum atomic E-state index is -2.96. The van der Waals surface area contributed by atoms with Gasteiger partial charge in [0.1, 0.15) is 5.75 Å². The molecule has 0 heterocycles. The third-order valence-electron chi connectivity index (χ3n) is 3.88. The molecule has 29 heavy (non-hydrogen) atoms. The Labute approximate surface area is 166 Å². The number of benzene rings is 2. The van der Waals surface area contributed by atoms with Crippen molar-refractivity contribution in [2.24, 2.45) is 0 Å². The van der Waals surface area contributed by atoms with Crippen LogP contribution >= 0.6 is 0 Å². The van der Waals surface area contributed by atoms with E-state index in [0.29, 0.717) is 11.5 Å². The number of methoxy groups -OCH3 is 2. The number of halogens is 2. The lowest BCUT2D eigenvalue weighted by atomic mass is 10.2. The standard InChI is InChI=1S/C20H21F2NO6/c1-12(28-19(25)14-5-7-15(8-6-14)29-20(21)22)18(24)23-11-13-4-9-16(26-2)17(10-13)27-3/h4-10,12,20H,11H2,1-3H3,(H,23,24)/t12-/m0/s1. The van der Waals surface area contributed by atoms with E-state index in [0.717, 1.165) is 5.56 Å². The molecule has 7 nitrogen and oxygen atoms in total. The van der Waals surface area contributed by atoms with Gasteiger partial charge in [0, 0.05) is 6.54 Å². The van der Waals surface area contributed by atoms with Crippen LogP contribution < -0.4 is 19.5 Å². The van der Waals surface area contributed by atoms with E-state index in [2.05, 4.69) is 10.1 Å². The molecule has 1 N–H and O–H groups in total. The second-order valence-corrected chi connectivity index (χ2v) is 5.86. The summed E-state index contributed by atoms with van der Waals surface area (Å²) in [7, 11) is 3.03. The van der Waals surface area contributed by atoms with Crippen LogP contribution in [0, 0.1) is 0 Å². The predicted octanol–water partition coefficient (Wildman–Crippen LogP) is 3.17. The number of carbonyl (C=O) groups is 2. The summed E-state index contributed by atoms with van der Waals surface area (Å²) >= 11 is 0. The number of hydrogen-bond donors (Lipinski definition) is 1. The molecule has 1 atom stereocenters. The summed E-state index contributed by atoms with van der Waals surface area (Å²) in [6.45, 7) is -1.33. The fourth-order valence-corrected chi connectivity index (χ4v) is 2.38. The maximum absolute atomic E-state index is 12.2. The molecule has 2 aromatic rings. The van der Waals surface area contributed by atoms with Crippen molar-refractivity contribution >= 4 is 11.9 Å². The van der Waals surface area contributed by atoms with E-state index in [1.165, 1.54) is 45.4 Å². The van der Waals surface area contributed by atoms with Gasteiger partial charge in [0.15, 0.2) is 17.6 Å². The second-order valence-electron chi connectivity index (χ2n) is 5.86. The number of rotatable bonds is 9. The number of amides is 1. The molecular weight excluding hydrogens is 388 g/mol. The summed E-state index contributed by atoms with van der Waals surface area (Å²) in [5.74, 6) is -0.252. The normalized spacial score (nSPS) is 11.5. The van der Waals surface area contributed by atoms with Gasteiger partial charge in [0.2, 0.25) is 0 Å². The highest BCUT2D eigenvalue weighted by atomic mass is 19.3. The largest absolute Gasteiger partial charge is 0.493 e. The van der Waals surface area contributed by atoms with Crippen LogP contribution in [0.4, 0.5) is 8.78 Å². The van der Waals surface area contributed by atoms with Crippen LogP contribution in [0.3, 0.4) is 0 Å². The molecule has 0 bridgehead atoms. The quantitative estimate of drug-likeness (QED) is 0.641. The molecule has 0 aliphatic heterocycles. The summed E-state index contributed by atoms with van der Waals surface area (Å²) < 4.78 is 44.0. The highest BCUT2D eigenvalue weighted by molar-refractivity contribution is 5.92. The Kier molecular flexibility index (Phi) is 7.76. The minimum absolute atomic E-state index is 0.0859. The molecule has 2 rings (SSSR count). The van der Waals surface area contributed by atoms with Gasteiger partial charge in [0.05, 0.1) is 19.8 Å². The zero-order valence-corrected chi connectivity index (χ0v) is 16.1. The van der Waals surface area contributed by atoms with Gasteiger partial charge < -0.3 is 24.3 Å². The number of hydrogen-bond acceptors (Lipinski definition) is 6. The van der Waals surface area contributed by atoms with E-state index in [9.17, 15) is 18.4 Å². The van der Waals surface area contributed by atoms with Crippen LogP contribution in [0.25, 0.3) is 0 Å². The van der Waals surface area contributed by atoms with Crippen LogP contribution in [0.15, 0.2) is 42.5 Å². The monoisotopic (exact) mass is 409 g/mol. The van der Waals surface area contributed by atoms with Crippen molar-refractivity contribution in [2.45, 2.75) is 26.2 Å². The Balaban J connectivity index is 1.89. The molecule has 0 saturated carbocycles. The van der Waals surface area contributed by atoms with E-state index in [-0.39, 0.29) is 17.9 Å². The zero-order chi connectivity index (χ0) is 21.4. The van der Waals surface area contributed by atoms with Gasteiger partial charge in [-0.25, -0.2) is 4.79 Å². The minimum Gasteiger partial charge on any atom is -0.493 e. The molecule has 0 saturated heterocycles. The van der Waals surface area contributed by atoms with Gasteiger partial charge in [-0.05, 0) is 48.9 Å². The molecule has 0 radical (unpaired) electrons. The third-order valence-corrected chi connectivity index (χ3v) is 3.88. The zero-order valence-electron chi connectivity index (χ0n) is 16.1. The van der Waals surface area contributed by atoms with Gasteiger partial charge in [-0.3, -0.25) is 4.79 Å². The van der Waals surface area contributed by atoms with Crippen LogP contribution in [0.1, 0.15) is 22.8 Å². The van der Waals surface area contributed by atoms with E-state index < -0.39 is 24.6 Å². The van der Waals surface area contributed by atoms with Gasteiger partial charge in [-0.15, -0.1) is 0 Å². The first kappa shape index (κ1) is 21.9. The molecule has 0 aromatic heterocycles. The van der Waals surface area contributed by atoms with Gasteiger partial charge in [-0.1, -0.05) is 6.07 Å². The van der Waals surface area contributed by atoms with E-state index >= 15 is 0 Å². The Hall–Kier alpha value is -3.36. The molecule has 0 unspecified atom stereocenters. The molecule has 0 aliphatic carbocycles. The molecule has 2 aromatic carbocycles. The summed E-state index contributed by atoms with van der Waals surface area (Å²) in [6, 6.07) is 10.2. The lowest BCUT2D eigenvalue weighted by Crippen LogP contribution is -2.35. The summed E-state index contributed by atoms with van der Waals surface area (Å²) in [5, 5.41) is 2.66. The molecule has 0 spiro atoms. The summed E-state index contributed by atoms with van der Waals surface area (Å²) in [5.41, 5.74) is 0.871. The van der Waals surface area contributed by atoms with Crippen LogP contribution in [-0.2, 0) is 16.1 Å². The average Bonchev–Trinajstić information content (AvgIpc) is 2.71. The maximum atomic E-state index is 12.2. The summed E-state index contributed by atoms with van der Waals surface area (Å²) in [4.78, 5) is 24.3. The van der Waals surface area contributed by atoms with E-state index in [1.807, 2.05) is 0 Å². The van der Waals surface area contributed by atoms with Crippen molar-refractivity contribution in [3.05, 3.63) is 53.6 Å². The SMILES string of the molecule is COc1ccc(CNC(=O)[C@H](C)OC(=O)c2ccc(OC(F)F)cc2)cc1OC. The Bertz CT molecular complexity index is 841. The second kappa shape index (κ2) is 10.3. The highest BCUT2D eigenvalue weighted by Gasteiger charge is 2.19. The van der Waals surface area contributed by atoms with Crippen molar-refractivity contribution in [1.29, 1.82) is 0 Å². The topological polar surface area (TPSA) is 83.1 Å². The van der Waals surface area contributed by atoms with E-state index in [1.54, 1.807) is 18.2 Å². The number of carbonyl (C=O) groups excluding carboxylic acids is 2. The Morgan fingerprint density at radius 3 is 2.24 bits per heavy atom. The molecule has 9 heteroatoms. The van der Waals surface area contributed by atoms with Gasteiger partial charge >= 0.3 is 12.6 Å². The first-order valence-electron chi connectivity index (χ1n) is 8.58. The van der Waals surface area contributed by atoms with Gasteiger partial charge in [-0.2, -0.15) is 8.78 Å². The predicted molar refractivity (Wildman–Crippen MR) is 99.3 cm³/mol. The fraction of sp³-hybridized carbons (Fsp3) is 0.300. The lowest BCUT2D eigenvalue weighted by molar-refractivity contribution is -0.129. The number of ether oxygens (including phenoxy) is 4. The first-order chi connectivity index (χ1) is 13.8. The van der Waals surface area contributed by atoms with Crippen molar-refractivity contribution in [1.82, 2.24) is 5.32 Å². The fourth-order valence-electron chi connectivity index (χ4n) is 2.38. The molecule has 1 amide bonds. The lowest BCUT2D eigenvalue weighted by Gasteiger charge is -2.14. The molecule has 156 valence electrons. The van der Waals surface area contributed by atoms with Crippen molar-refractivity contribution in [3.63, 3.8) is 0 Å². The van der Waals surface area contributed by atoms with Crippen molar-refractivity contribution in [3.8, 4) is 17.2 Å². The maximum Gasteiger partial charge on any atom is 0.387 e. The van der Waals surface area contributed by atoms with Crippen molar-refractivity contribution < 1.29 is 37.3 Å². The third kappa shape index (κ3) is 6.34. The Morgan fingerprint density at radius 2 is 1.66 bits per heavy atom. The smallest absolute Gasteiger partial charge is 0.387 e. The van der Waals surface area contributed by atoms with Crippen molar-refractivity contribution in [2.75, 3.05) is 14.2 Å². The first-order valence-corrected chi connectivity index (χ1v) is 8.58. The molecule has 0 fully saturated rings. The highest BCUT2D eigenvalue weighted by Crippen LogP contribution is 2.27. The molecular formula is C20H21F2NO6. The van der Waals surface area contributed by atoms with Crippen LogP contribution in [-0.4, -0.2) is 38.8 Å². The summed E-state index contributed by atoms with van der Waals surface area (Å²) in [6.07, 6.45) is -1.06. The average molecular weight is 409 g/mol. The number of alkyl halides is 2. The number of esters is 1. The van der Waals surface area contributed by atoms with Crippen LogP contribution in [0.5, 0.6) is 17.2 Å².